The highest BCUT2D eigenvalue weighted by atomic mass is 19.3. The first-order valence-electron chi connectivity index (χ1n) is 5.66. The monoisotopic (exact) mass is 286 g/mol. The lowest BCUT2D eigenvalue weighted by molar-refractivity contribution is -0.160. The van der Waals surface area contributed by atoms with Gasteiger partial charge < -0.3 is 10.2 Å². The molecule has 0 spiro atoms. The van der Waals surface area contributed by atoms with E-state index in [2.05, 4.69) is 0 Å². The summed E-state index contributed by atoms with van der Waals surface area (Å²) in [5.74, 6) is -8.88. The van der Waals surface area contributed by atoms with Crippen molar-refractivity contribution >= 4 is 17.7 Å². The van der Waals surface area contributed by atoms with Crippen LogP contribution in [0, 0.1) is 11.8 Å². The van der Waals surface area contributed by atoms with Crippen LogP contribution in [0.5, 0.6) is 0 Å². The minimum atomic E-state index is -3.22. The molecule has 7 heteroatoms. The minimum absolute atomic E-state index is 0.132. The first kappa shape index (κ1) is 15.7. The zero-order chi connectivity index (χ0) is 15.3. The Morgan fingerprint density at radius 2 is 1.50 bits per heavy atom. The van der Waals surface area contributed by atoms with Crippen LogP contribution in [-0.2, 0) is 9.59 Å². The Kier molecular flexibility index (Phi) is 5.31. The fraction of sp³-hybridized carbons (Fsp3) is 0.308. The Labute approximate surface area is 112 Å². The van der Waals surface area contributed by atoms with E-state index in [1.54, 1.807) is 6.07 Å². The quantitative estimate of drug-likeness (QED) is 0.590. The van der Waals surface area contributed by atoms with E-state index in [-0.39, 0.29) is 5.56 Å². The van der Waals surface area contributed by atoms with Crippen molar-refractivity contribution in [2.24, 2.45) is 11.8 Å². The van der Waals surface area contributed by atoms with Crippen LogP contribution in [0.25, 0.3) is 0 Å². The highest BCUT2D eigenvalue weighted by molar-refractivity contribution is 5.98. The van der Waals surface area contributed by atoms with Crippen LogP contribution in [0.2, 0.25) is 0 Å². The molecule has 0 aliphatic rings. The minimum Gasteiger partial charge on any atom is -0.481 e. The number of halogens is 2. The molecule has 0 unspecified atom stereocenters. The fourth-order valence-corrected chi connectivity index (χ4v) is 1.78. The van der Waals surface area contributed by atoms with E-state index in [1.165, 1.54) is 24.3 Å². The van der Waals surface area contributed by atoms with Gasteiger partial charge in [0, 0.05) is 12.0 Å². The summed E-state index contributed by atoms with van der Waals surface area (Å²) in [6, 6.07) is 7.45. The predicted molar refractivity (Wildman–Crippen MR) is 63.6 cm³/mol. The van der Waals surface area contributed by atoms with E-state index in [1.807, 2.05) is 0 Å². The molecule has 1 aromatic rings. The van der Waals surface area contributed by atoms with Gasteiger partial charge in [0.15, 0.2) is 11.7 Å². The third kappa shape index (κ3) is 3.84. The molecule has 0 heterocycles. The predicted octanol–water partition coefficient (Wildman–Crippen LogP) is 1.93. The van der Waals surface area contributed by atoms with Gasteiger partial charge in [-0.25, -0.2) is 8.78 Å². The summed E-state index contributed by atoms with van der Waals surface area (Å²) in [4.78, 5) is 33.3. The van der Waals surface area contributed by atoms with Gasteiger partial charge in [-0.3, -0.25) is 14.4 Å². The van der Waals surface area contributed by atoms with Crippen molar-refractivity contribution in [1.29, 1.82) is 0 Å². The van der Waals surface area contributed by atoms with Gasteiger partial charge in [-0.15, -0.1) is 0 Å². The Morgan fingerprint density at radius 3 is 1.90 bits per heavy atom. The molecule has 108 valence electrons. The number of hydrogen-bond donors (Lipinski definition) is 2. The van der Waals surface area contributed by atoms with E-state index < -0.39 is 42.4 Å². The number of ketones is 1. The van der Waals surface area contributed by atoms with E-state index >= 15 is 0 Å². The molecule has 0 aliphatic carbocycles. The molecule has 1 aromatic carbocycles. The SMILES string of the molecule is O=C(C[C@H](C(F)F)C(C(=O)O)C(=O)O)c1ccccc1. The molecule has 0 aromatic heterocycles. The fourth-order valence-electron chi connectivity index (χ4n) is 1.78. The third-order valence-corrected chi connectivity index (χ3v) is 2.80. The summed E-state index contributed by atoms with van der Waals surface area (Å²) >= 11 is 0. The smallest absolute Gasteiger partial charge is 0.318 e. The molecule has 20 heavy (non-hydrogen) atoms. The van der Waals surface area contributed by atoms with Gasteiger partial charge in [-0.2, -0.15) is 0 Å². The number of hydrogen-bond acceptors (Lipinski definition) is 3. The van der Waals surface area contributed by atoms with Gasteiger partial charge in [0.05, 0.1) is 5.92 Å². The maximum Gasteiger partial charge on any atom is 0.318 e. The molecule has 0 bridgehead atoms. The van der Waals surface area contributed by atoms with Crippen molar-refractivity contribution in [3.63, 3.8) is 0 Å². The molecule has 1 atom stereocenters. The van der Waals surface area contributed by atoms with Gasteiger partial charge in [0.25, 0.3) is 0 Å². The average Bonchev–Trinajstić information content (AvgIpc) is 2.37. The van der Waals surface area contributed by atoms with E-state index in [0.717, 1.165) is 0 Å². The number of carbonyl (C=O) groups excluding carboxylic acids is 1. The Hall–Kier alpha value is -2.31. The standard InChI is InChI=1S/C13H12F2O5/c14-11(15)8(10(12(17)18)13(19)20)6-9(16)7-4-2-1-3-5-7/h1-5,8,10-11H,6H2,(H,17,18)(H,19,20)/t8-/m0/s1. The van der Waals surface area contributed by atoms with E-state index in [4.69, 9.17) is 10.2 Å². The van der Waals surface area contributed by atoms with Gasteiger partial charge in [0.1, 0.15) is 0 Å². The molecule has 5 nitrogen and oxygen atoms in total. The average molecular weight is 286 g/mol. The lowest BCUT2D eigenvalue weighted by atomic mass is 9.87. The second-order valence-electron chi connectivity index (χ2n) is 4.15. The topological polar surface area (TPSA) is 91.7 Å². The van der Waals surface area contributed by atoms with Gasteiger partial charge >= 0.3 is 11.9 Å². The molecule has 0 amide bonds. The van der Waals surface area contributed by atoms with Crippen LogP contribution in [0.3, 0.4) is 0 Å². The molecular weight excluding hydrogens is 274 g/mol. The largest absolute Gasteiger partial charge is 0.481 e. The van der Waals surface area contributed by atoms with Crippen molar-refractivity contribution in [2.75, 3.05) is 0 Å². The first-order valence-corrected chi connectivity index (χ1v) is 5.66. The van der Waals surface area contributed by atoms with Gasteiger partial charge in [0.2, 0.25) is 6.43 Å². The van der Waals surface area contributed by atoms with Gasteiger partial charge in [-0.1, -0.05) is 30.3 Å². The zero-order valence-electron chi connectivity index (χ0n) is 10.2. The molecule has 0 saturated carbocycles. The molecule has 0 fully saturated rings. The summed E-state index contributed by atoms with van der Waals surface area (Å²) in [6.45, 7) is 0. The Balaban J connectivity index is 2.95. The van der Waals surface area contributed by atoms with Crippen molar-refractivity contribution < 1.29 is 33.4 Å². The number of carboxylic acids is 2. The lowest BCUT2D eigenvalue weighted by Crippen LogP contribution is -2.36. The zero-order valence-corrected chi connectivity index (χ0v) is 10.2. The molecule has 0 radical (unpaired) electrons. The summed E-state index contributed by atoms with van der Waals surface area (Å²) in [6.07, 6.45) is -4.06. The number of alkyl halides is 2. The number of benzene rings is 1. The highest BCUT2D eigenvalue weighted by Gasteiger charge is 2.41. The summed E-state index contributed by atoms with van der Waals surface area (Å²) in [5, 5.41) is 17.4. The number of aliphatic carboxylic acids is 2. The van der Waals surface area contributed by atoms with Crippen LogP contribution in [0.15, 0.2) is 30.3 Å². The van der Waals surface area contributed by atoms with Crippen molar-refractivity contribution in [2.45, 2.75) is 12.8 Å². The van der Waals surface area contributed by atoms with Crippen molar-refractivity contribution in [1.82, 2.24) is 0 Å². The van der Waals surface area contributed by atoms with Crippen LogP contribution in [0.4, 0.5) is 8.78 Å². The maximum absolute atomic E-state index is 12.9. The molecule has 0 aliphatic heterocycles. The number of carbonyl (C=O) groups is 3. The number of carboxylic acid groups (broad SMARTS) is 2. The Morgan fingerprint density at radius 1 is 1.00 bits per heavy atom. The van der Waals surface area contributed by atoms with Crippen LogP contribution in [0.1, 0.15) is 16.8 Å². The Bertz CT molecular complexity index is 487. The highest BCUT2D eigenvalue weighted by Crippen LogP contribution is 2.26. The lowest BCUT2D eigenvalue weighted by Gasteiger charge is -2.19. The van der Waals surface area contributed by atoms with Crippen LogP contribution >= 0.6 is 0 Å². The van der Waals surface area contributed by atoms with Crippen molar-refractivity contribution in [3.05, 3.63) is 35.9 Å². The summed E-state index contributed by atoms with van der Waals surface area (Å²) in [7, 11) is 0. The molecule has 2 N–H and O–H groups in total. The number of rotatable bonds is 7. The third-order valence-electron chi connectivity index (χ3n) is 2.80. The van der Waals surface area contributed by atoms with E-state index in [9.17, 15) is 23.2 Å². The molecule has 0 saturated heterocycles. The first-order chi connectivity index (χ1) is 9.34. The summed E-state index contributed by atoms with van der Waals surface area (Å²) < 4.78 is 25.7. The van der Waals surface area contributed by atoms with Crippen molar-refractivity contribution in [3.8, 4) is 0 Å². The van der Waals surface area contributed by atoms with Crippen LogP contribution in [-0.4, -0.2) is 34.4 Å². The van der Waals surface area contributed by atoms with Gasteiger partial charge in [-0.05, 0) is 0 Å². The normalized spacial score (nSPS) is 12.4. The number of Topliss-reactive ketones (excluding diaryl/α,β-unsaturated/α-hetero) is 1. The second kappa shape index (κ2) is 6.74. The molecular formula is C13H12F2O5. The summed E-state index contributed by atoms with van der Waals surface area (Å²) in [5.41, 5.74) is 0.132. The van der Waals surface area contributed by atoms with Crippen LogP contribution < -0.4 is 0 Å². The maximum atomic E-state index is 12.9. The second-order valence-corrected chi connectivity index (χ2v) is 4.15. The van der Waals surface area contributed by atoms with E-state index in [0.29, 0.717) is 0 Å². The molecule has 1 rings (SSSR count).